The van der Waals surface area contributed by atoms with E-state index >= 15 is 0 Å². The van der Waals surface area contributed by atoms with Gasteiger partial charge in [0.1, 0.15) is 11.9 Å². The molecule has 2 atom stereocenters. The molecule has 186 valence electrons. The minimum atomic E-state index is -4.47. The molecule has 2 amide bonds. The first-order valence-corrected chi connectivity index (χ1v) is 11.7. The van der Waals surface area contributed by atoms with Crippen molar-refractivity contribution in [2.24, 2.45) is 4.99 Å². The number of rotatable bonds is 7. The number of amidine groups is 1. The van der Waals surface area contributed by atoms with Crippen molar-refractivity contribution in [3.05, 3.63) is 106 Å². The number of benzene rings is 3. The number of hydrogen-bond donors (Lipinski definition) is 1. The third-order valence-electron chi connectivity index (χ3n) is 5.92. The zero-order valence-corrected chi connectivity index (χ0v) is 20.1. The maximum absolute atomic E-state index is 13.4. The van der Waals surface area contributed by atoms with Gasteiger partial charge in [0.15, 0.2) is 0 Å². The van der Waals surface area contributed by atoms with Crippen LogP contribution in [0.5, 0.6) is 0 Å². The van der Waals surface area contributed by atoms with Gasteiger partial charge in [0.25, 0.3) is 5.91 Å². The minimum absolute atomic E-state index is 0.0957. The number of carbonyl (C=O) groups excluding carboxylic acids is 2. The monoisotopic (exact) mass is 513 g/mol. The Labute approximate surface area is 211 Å². The van der Waals surface area contributed by atoms with Gasteiger partial charge in [0.05, 0.1) is 18.0 Å². The average Bonchev–Trinajstić information content (AvgIpc) is 3.18. The Morgan fingerprint density at radius 1 is 1.06 bits per heavy atom. The summed E-state index contributed by atoms with van der Waals surface area (Å²) in [6, 6.07) is 19.8. The quantitative estimate of drug-likeness (QED) is 0.435. The first kappa shape index (κ1) is 25.4. The zero-order chi connectivity index (χ0) is 25.9. The van der Waals surface area contributed by atoms with Gasteiger partial charge < -0.3 is 5.32 Å². The lowest BCUT2D eigenvalue weighted by Gasteiger charge is -2.27. The van der Waals surface area contributed by atoms with Crippen molar-refractivity contribution in [1.29, 1.82) is 0 Å². The zero-order valence-electron chi connectivity index (χ0n) is 19.3. The number of alkyl halides is 3. The molecular formula is C27H23ClF3N3O2. The van der Waals surface area contributed by atoms with Crippen LogP contribution in [0.4, 0.5) is 13.2 Å². The van der Waals surface area contributed by atoms with E-state index in [1.54, 1.807) is 29.2 Å². The molecule has 0 fully saturated rings. The fourth-order valence-corrected chi connectivity index (χ4v) is 4.16. The fraction of sp³-hybridized carbons (Fsp3) is 0.222. The summed E-state index contributed by atoms with van der Waals surface area (Å²) in [5, 5.41) is 3.14. The molecule has 4 rings (SSSR count). The molecule has 1 unspecified atom stereocenters. The number of halogens is 4. The van der Waals surface area contributed by atoms with Gasteiger partial charge in [0.2, 0.25) is 5.91 Å². The van der Waals surface area contributed by atoms with E-state index in [0.29, 0.717) is 22.0 Å². The Bertz CT molecular complexity index is 1280. The van der Waals surface area contributed by atoms with Gasteiger partial charge in [0, 0.05) is 17.1 Å². The number of carbonyl (C=O) groups is 2. The maximum atomic E-state index is 13.4. The third-order valence-corrected chi connectivity index (χ3v) is 6.18. The highest BCUT2D eigenvalue weighted by atomic mass is 35.5. The summed E-state index contributed by atoms with van der Waals surface area (Å²) in [6.07, 6.45) is -4.70. The summed E-state index contributed by atoms with van der Waals surface area (Å²) in [5.74, 6) is -0.381. The van der Waals surface area contributed by atoms with Crippen LogP contribution in [0.1, 0.15) is 41.6 Å². The molecule has 0 spiro atoms. The molecule has 3 aromatic rings. The van der Waals surface area contributed by atoms with Gasteiger partial charge in [-0.2, -0.15) is 13.2 Å². The molecule has 0 saturated heterocycles. The molecule has 3 aromatic carbocycles. The van der Waals surface area contributed by atoms with E-state index in [-0.39, 0.29) is 24.9 Å². The summed E-state index contributed by atoms with van der Waals surface area (Å²) in [5.41, 5.74) is 1.10. The standard InChI is InChI=1S/C27H23ClF3N3O2/c1-17(19-7-3-2-4-8-19)34-25(20-10-12-22(28)13-11-20)33-23(26(34)36)15-24(35)32-16-18-6-5-9-21(14-18)27(29,30)31/h2-14,17,23H,15-16H2,1H3,(H,32,35)/t17-,23?/m0/s1. The van der Waals surface area contributed by atoms with Crippen LogP contribution < -0.4 is 5.32 Å². The van der Waals surface area contributed by atoms with E-state index in [2.05, 4.69) is 10.3 Å². The molecule has 9 heteroatoms. The molecule has 1 aliphatic rings. The molecule has 0 bridgehead atoms. The Kier molecular flexibility index (Phi) is 7.45. The molecule has 0 saturated carbocycles. The van der Waals surface area contributed by atoms with Crippen LogP contribution in [-0.4, -0.2) is 28.6 Å². The summed E-state index contributed by atoms with van der Waals surface area (Å²) in [6.45, 7) is 1.79. The topological polar surface area (TPSA) is 61.8 Å². The second-order valence-corrected chi connectivity index (χ2v) is 8.89. The van der Waals surface area contributed by atoms with E-state index in [0.717, 1.165) is 17.7 Å². The van der Waals surface area contributed by atoms with Crippen molar-refractivity contribution >= 4 is 29.3 Å². The predicted octanol–water partition coefficient (Wildman–Crippen LogP) is 5.78. The summed E-state index contributed by atoms with van der Waals surface area (Å²) in [4.78, 5) is 32.2. The summed E-state index contributed by atoms with van der Waals surface area (Å²) in [7, 11) is 0. The molecular weight excluding hydrogens is 491 g/mol. The van der Waals surface area contributed by atoms with E-state index < -0.39 is 23.7 Å². The number of hydrogen-bond acceptors (Lipinski definition) is 3. The molecule has 0 aromatic heterocycles. The lowest BCUT2D eigenvalue weighted by atomic mass is 10.0. The Hall–Kier alpha value is -3.65. The molecule has 1 N–H and O–H groups in total. The van der Waals surface area contributed by atoms with E-state index in [1.807, 2.05) is 37.3 Å². The fourth-order valence-electron chi connectivity index (χ4n) is 4.04. The molecule has 1 heterocycles. The van der Waals surface area contributed by atoms with Crippen LogP contribution in [0.15, 0.2) is 83.9 Å². The van der Waals surface area contributed by atoms with E-state index in [9.17, 15) is 22.8 Å². The molecule has 0 radical (unpaired) electrons. The Morgan fingerprint density at radius 2 is 1.75 bits per heavy atom. The summed E-state index contributed by atoms with van der Waals surface area (Å²) >= 11 is 6.02. The van der Waals surface area contributed by atoms with Gasteiger partial charge in [-0.3, -0.25) is 19.5 Å². The highest BCUT2D eigenvalue weighted by molar-refractivity contribution is 6.30. The van der Waals surface area contributed by atoms with Crippen molar-refractivity contribution in [2.75, 3.05) is 0 Å². The number of aliphatic imine (C=N–C) groups is 1. The number of amides is 2. The number of nitrogens with one attached hydrogen (secondary N) is 1. The SMILES string of the molecule is C[C@@H](c1ccccc1)N1C(=O)C(CC(=O)NCc2cccc(C(F)(F)F)c2)N=C1c1ccc(Cl)cc1. The van der Waals surface area contributed by atoms with Crippen LogP contribution in [0.3, 0.4) is 0 Å². The van der Waals surface area contributed by atoms with Gasteiger partial charge in [-0.1, -0.05) is 54.1 Å². The largest absolute Gasteiger partial charge is 0.416 e. The van der Waals surface area contributed by atoms with Crippen LogP contribution in [0, 0.1) is 0 Å². The lowest BCUT2D eigenvalue weighted by Crippen LogP contribution is -2.39. The smallest absolute Gasteiger partial charge is 0.352 e. The minimum Gasteiger partial charge on any atom is -0.352 e. The average molecular weight is 514 g/mol. The highest BCUT2D eigenvalue weighted by Crippen LogP contribution is 2.31. The van der Waals surface area contributed by atoms with Gasteiger partial charge >= 0.3 is 6.18 Å². The first-order valence-electron chi connectivity index (χ1n) is 11.3. The van der Waals surface area contributed by atoms with Crippen molar-refractivity contribution in [1.82, 2.24) is 10.2 Å². The molecule has 1 aliphatic heterocycles. The van der Waals surface area contributed by atoms with Gasteiger partial charge in [-0.15, -0.1) is 0 Å². The second-order valence-electron chi connectivity index (χ2n) is 8.45. The van der Waals surface area contributed by atoms with E-state index in [4.69, 9.17) is 11.6 Å². The van der Waals surface area contributed by atoms with Crippen molar-refractivity contribution in [3.63, 3.8) is 0 Å². The van der Waals surface area contributed by atoms with Crippen LogP contribution >= 0.6 is 11.6 Å². The molecule has 0 aliphatic carbocycles. The van der Waals surface area contributed by atoms with Crippen molar-refractivity contribution in [3.8, 4) is 0 Å². The van der Waals surface area contributed by atoms with Gasteiger partial charge in [-0.05, 0) is 54.4 Å². The molecule has 5 nitrogen and oxygen atoms in total. The Balaban J connectivity index is 1.51. The highest BCUT2D eigenvalue weighted by Gasteiger charge is 2.39. The second kappa shape index (κ2) is 10.5. The maximum Gasteiger partial charge on any atom is 0.416 e. The van der Waals surface area contributed by atoms with E-state index in [1.165, 1.54) is 12.1 Å². The lowest BCUT2D eigenvalue weighted by molar-refractivity contribution is -0.137. The Morgan fingerprint density at radius 3 is 2.42 bits per heavy atom. The summed E-state index contributed by atoms with van der Waals surface area (Å²) < 4.78 is 38.9. The van der Waals surface area contributed by atoms with Crippen LogP contribution in [0.2, 0.25) is 5.02 Å². The third kappa shape index (κ3) is 5.76. The predicted molar refractivity (Wildman–Crippen MR) is 131 cm³/mol. The van der Waals surface area contributed by atoms with Crippen molar-refractivity contribution < 1.29 is 22.8 Å². The van der Waals surface area contributed by atoms with Crippen molar-refractivity contribution in [2.45, 2.75) is 38.1 Å². The van der Waals surface area contributed by atoms with Gasteiger partial charge in [-0.25, -0.2) is 0 Å². The van der Waals surface area contributed by atoms with Crippen LogP contribution in [-0.2, 0) is 22.3 Å². The van der Waals surface area contributed by atoms with Crippen LogP contribution in [0.25, 0.3) is 0 Å². The normalized spacial score (nSPS) is 16.6. The molecule has 36 heavy (non-hydrogen) atoms. The first-order chi connectivity index (χ1) is 17.1. The number of nitrogens with zero attached hydrogens (tertiary/aromatic N) is 2.